The van der Waals surface area contributed by atoms with E-state index in [1.165, 1.54) is 10.8 Å². The Morgan fingerprint density at radius 2 is 1.88 bits per heavy atom. The number of nitrogens with zero attached hydrogens (tertiary/aromatic N) is 7. The Morgan fingerprint density at radius 3 is 2.48 bits per heavy atom. The van der Waals surface area contributed by atoms with Gasteiger partial charge in [0.2, 0.25) is 5.66 Å². The highest BCUT2D eigenvalue weighted by atomic mass is 35.5. The molecule has 178 valence electrons. The van der Waals surface area contributed by atoms with E-state index in [1.807, 2.05) is 32.8 Å². The van der Waals surface area contributed by atoms with Gasteiger partial charge in [-0.15, -0.1) is 0 Å². The lowest BCUT2D eigenvalue weighted by atomic mass is 10.0. The minimum absolute atomic E-state index is 0. The molecular formula is C20H25ClF2N8OS. The van der Waals surface area contributed by atoms with Crippen molar-refractivity contribution >= 4 is 36.7 Å². The van der Waals surface area contributed by atoms with Gasteiger partial charge in [0.05, 0.1) is 23.8 Å². The molecule has 13 heteroatoms. The maximum Gasteiger partial charge on any atom is 0.255 e. The number of nitrogens with one attached hydrogen (secondary N) is 1. The van der Waals surface area contributed by atoms with E-state index in [9.17, 15) is 0 Å². The van der Waals surface area contributed by atoms with E-state index >= 15 is 8.78 Å². The first-order valence-corrected chi connectivity index (χ1v) is 10.4. The first-order chi connectivity index (χ1) is 15.2. The molecule has 1 aromatic carbocycles. The van der Waals surface area contributed by atoms with Crippen LogP contribution in [0.5, 0.6) is 5.75 Å². The average molecular weight is 499 g/mol. The van der Waals surface area contributed by atoms with Crippen LogP contribution in [0.25, 0.3) is 16.9 Å². The summed E-state index contributed by atoms with van der Waals surface area (Å²) in [5, 5.41) is 15.2. The number of aromatic nitrogens is 4. The van der Waals surface area contributed by atoms with Crippen molar-refractivity contribution in [2.45, 2.75) is 32.0 Å². The Kier molecular flexibility index (Phi) is 7.39. The van der Waals surface area contributed by atoms with E-state index in [-0.39, 0.29) is 53.2 Å². The Morgan fingerprint density at radius 1 is 1.21 bits per heavy atom. The molecule has 0 unspecified atom stereocenters. The molecule has 0 amide bonds. The monoisotopic (exact) mass is 498 g/mol. The van der Waals surface area contributed by atoms with E-state index < -0.39 is 17.3 Å². The molecule has 9 nitrogen and oxygen atoms in total. The van der Waals surface area contributed by atoms with Gasteiger partial charge in [-0.2, -0.15) is 43.3 Å². The molecule has 1 atom stereocenters. The van der Waals surface area contributed by atoms with Gasteiger partial charge in [0.15, 0.2) is 0 Å². The molecule has 1 aliphatic rings. The zero-order valence-electron chi connectivity index (χ0n) is 18.6. The fraction of sp³-hybridized carbons (Fsp3) is 0.450. The second kappa shape index (κ2) is 9.74. The lowest BCUT2D eigenvalue weighted by Gasteiger charge is -2.21. The van der Waals surface area contributed by atoms with Crippen LogP contribution in [0.4, 0.5) is 14.6 Å². The van der Waals surface area contributed by atoms with Crippen LogP contribution in [-0.4, -0.2) is 63.4 Å². The summed E-state index contributed by atoms with van der Waals surface area (Å²) in [6.45, 7) is 4.81. The molecule has 0 fully saturated rings. The Balaban J connectivity index is 0.00000306. The zero-order chi connectivity index (χ0) is 23.0. The summed E-state index contributed by atoms with van der Waals surface area (Å²) in [4.78, 5) is 10.2. The van der Waals surface area contributed by atoms with Gasteiger partial charge in [0.25, 0.3) is 5.78 Å². The lowest BCUT2D eigenvalue weighted by Crippen LogP contribution is -2.32. The molecule has 0 saturated carbocycles. The summed E-state index contributed by atoms with van der Waals surface area (Å²) in [6.07, 6.45) is 2.00. The topological polar surface area (TPSA) is 92.3 Å². The zero-order valence-corrected chi connectivity index (χ0v) is 20.4. The second-order valence-corrected chi connectivity index (χ2v) is 8.38. The summed E-state index contributed by atoms with van der Waals surface area (Å²) < 4.78 is 37.2. The van der Waals surface area contributed by atoms with Crippen LogP contribution >= 0.6 is 25.1 Å². The van der Waals surface area contributed by atoms with Crippen molar-refractivity contribution in [1.29, 1.82) is 0 Å². The average Bonchev–Trinajstić information content (AvgIpc) is 3.30. The van der Waals surface area contributed by atoms with E-state index in [0.717, 1.165) is 25.1 Å². The molecule has 0 aliphatic carbocycles. The molecule has 0 spiro atoms. The minimum atomic E-state index is -0.835. The SMILES string of the molecule is C[C@H](Nc1c(-c2c(F)cc(OCCCN(C)C)cc2F)c(Cl)nc2ncnn12)C1(C)N=N1.S. The number of rotatable bonds is 9. The minimum Gasteiger partial charge on any atom is -0.493 e. The van der Waals surface area contributed by atoms with Gasteiger partial charge in [-0.3, -0.25) is 0 Å². The van der Waals surface area contributed by atoms with Crippen molar-refractivity contribution in [1.82, 2.24) is 24.5 Å². The smallest absolute Gasteiger partial charge is 0.255 e. The van der Waals surface area contributed by atoms with Crippen molar-refractivity contribution in [3.63, 3.8) is 0 Å². The van der Waals surface area contributed by atoms with Crippen LogP contribution in [0.2, 0.25) is 5.15 Å². The first kappa shape index (κ1) is 25.1. The largest absolute Gasteiger partial charge is 0.493 e. The van der Waals surface area contributed by atoms with Crippen LogP contribution in [0.15, 0.2) is 28.7 Å². The van der Waals surface area contributed by atoms with Gasteiger partial charge in [0.1, 0.15) is 34.7 Å². The summed E-state index contributed by atoms with van der Waals surface area (Å²) in [5.74, 6) is -1.15. The van der Waals surface area contributed by atoms with Gasteiger partial charge in [0, 0.05) is 18.7 Å². The molecule has 0 saturated heterocycles. The van der Waals surface area contributed by atoms with E-state index in [4.69, 9.17) is 16.3 Å². The summed E-state index contributed by atoms with van der Waals surface area (Å²) in [6, 6.07) is 1.96. The Hall–Kier alpha value is -2.57. The van der Waals surface area contributed by atoms with E-state index in [2.05, 4.69) is 30.6 Å². The molecule has 3 aromatic rings. The highest BCUT2D eigenvalue weighted by molar-refractivity contribution is 7.59. The molecule has 3 heterocycles. The number of fused-ring (bicyclic) bond motifs is 1. The van der Waals surface area contributed by atoms with Gasteiger partial charge in [-0.1, -0.05) is 11.6 Å². The summed E-state index contributed by atoms with van der Waals surface area (Å²) in [7, 11) is 3.88. The maximum atomic E-state index is 15.2. The number of hydrogen-bond acceptors (Lipinski definition) is 8. The highest BCUT2D eigenvalue weighted by Crippen LogP contribution is 2.40. The highest BCUT2D eigenvalue weighted by Gasteiger charge is 2.41. The standard InChI is InChI=1S/C20H23ClF2N8O.H2S/c1-11(20(2)28-29-20)26-18-16(17(21)27-19-24-10-25-31(18)19)15-13(22)8-12(9-14(15)23)32-7-5-6-30(3)4;/h8-11,26H,5-7H2,1-4H3;1H2/t11-;/m0./s1. The van der Waals surface area contributed by atoms with Crippen molar-refractivity contribution in [2.24, 2.45) is 10.2 Å². The molecular weight excluding hydrogens is 474 g/mol. The third-order valence-corrected chi connectivity index (χ3v) is 5.53. The predicted molar refractivity (Wildman–Crippen MR) is 127 cm³/mol. The van der Waals surface area contributed by atoms with Crippen molar-refractivity contribution in [2.75, 3.05) is 32.6 Å². The number of ether oxygens (including phenoxy) is 1. The lowest BCUT2D eigenvalue weighted by molar-refractivity contribution is 0.279. The third kappa shape index (κ3) is 5.17. The van der Waals surface area contributed by atoms with Crippen molar-refractivity contribution in [3.05, 3.63) is 35.2 Å². The maximum absolute atomic E-state index is 15.2. The number of hydrogen-bond donors (Lipinski definition) is 1. The molecule has 2 aromatic heterocycles. The first-order valence-electron chi connectivity index (χ1n) is 10.1. The predicted octanol–water partition coefficient (Wildman–Crippen LogP) is 4.15. The van der Waals surface area contributed by atoms with Crippen LogP contribution in [0.3, 0.4) is 0 Å². The normalized spacial score (nSPS) is 14.9. The Labute approximate surface area is 201 Å². The molecule has 4 rings (SSSR count). The second-order valence-electron chi connectivity index (χ2n) is 8.03. The van der Waals surface area contributed by atoms with E-state index in [0.29, 0.717) is 6.61 Å². The summed E-state index contributed by atoms with van der Waals surface area (Å²) >= 11 is 6.38. The molecule has 1 aliphatic heterocycles. The fourth-order valence-corrected chi connectivity index (χ4v) is 3.47. The summed E-state index contributed by atoms with van der Waals surface area (Å²) in [5.41, 5.74) is -0.971. The number of anilines is 1. The molecule has 0 radical (unpaired) electrons. The molecule has 33 heavy (non-hydrogen) atoms. The number of halogens is 3. The van der Waals surface area contributed by atoms with Crippen LogP contribution < -0.4 is 10.1 Å². The van der Waals surface area contributed by atoms with Crippen LogP contribution in [0, 0.1) is 11.6 Å². The quantitative estimate of drug-likeness (QED) is 0.352. The van der Waals surface area contributed by atoms with Crippen molar-refractivity contribution in [3.8, 4) is 16.9 Å². The van der Waals surface area contributed by atoms with Crippen LogP contribution in [-0.2, 0) is 0 Å². The van der Waals surface area contributed by atoms with Gasteiger partial charge in [-0.25, -0.2) is 8.78 Å². The van der Waals surface area contributed by atoms with Gasteiger partial charge < -0.3 is 15.0 Å². The fourth-order valence-electron chi connectivity index (χ4n) is 3.21. The van der Waals surface area contributed by atoms with Gasteiger partial charge >= 0.3 is 0 Å². The van der Waals surface area contributed by atoms with Gasteiger partial charge in [-0.05, 0) is 34.4 Å². The number of benzene rings is 1. The van der Waals surface area contributed by atoms with Crippen molar-refractivity contribution < 1.29 is 13.5 Å². The van der Waals surface area contributed by atoms with E-state index in [1.54, 1.807) is 0 Å². The Bertz CT molecular complexity index is 1160. The van der Waals surface area contributed by atoms with Crippen LogP contribution in [0.1, 0.15) is 20.3 Å². The molecule has 1 N–H and O–H groups in total. The third-order valence-electron chi connectivity index (χ3n) is 5.26. The molecule has 0 bridgehead atoms.